The zero-order chi connectivity index (χ0) is 86.6. The van der Waals surface area contributed by atoms with Crippen LogP contribution in [-0.4, -0.2) is 475 Å². The summed E-state index contributed by atoms with van der Waals surface area (Å²) in [5, 5.41) is 0. The lowest BCUT2D eigenvalue weighted by atomic mass is 10.4. The number of hydrogen-bond acceptors (Lipinski definition) is 39. The van der Waals surface area contributed by atoms with Crippen molar-refractivity contribution in [2.45, 2.75) is 13.8 Å². The van der Waals surface area contributed by atoms with Crippen LogP contribution in [0.25, 0.3) is 0 Å². The van der Waals surface area contributed by atoms with E-state index in [4.69, 9.17) is 166 Å². The van der Waals surface area contributed by atoms with Gasteiger partial charge in [-0.1, -0.05) is 19.7 Å². The van der Waals surface area contributed by atoms with E-state index in [0.29, 0.717) is 435 Å². The van der Waals surface area contributed by atoms with Crippen molar-refractivity contribution in [1.29, 1.82) is 0 Å². The SMILES string of the molecule is C=C(C)C(=O)OCCOCCOCCOCCOCCOCCOCCOCCOCCOCCOCCOCCOCCOCCOCCOCCOCCOCCOCCOCCOCCOCCOCCOCCOCCOCCOCCOCCOCCOCCOC.C=CC(=O)OCC.C=CC(=O)OCCOCCOCCOC. The van der Waals surface area contributed by atoms with Crippen LogP contribution in [0.4, 0.5) is 0 Å². The summed E-state index contributed by atoms with van der Waals surface area (Å²) in [5.41, 5.74) is 0.363. The molecule has 0 saturated heterocycles. The van der Waals surface area contributed by atoms with Crippen LogP contribution in [0.1, 0.15) is 13.8 Å². The van der Waals surface area contributed by atoms with Gasteiger partial charge in [0.05, 0.1) is 429 Å². The van der Waals surface area contributed by atoms with Crippen molar-refractivity contribution in [1.82, 2.24) is 0 Å². The molecule has 0 amide bonds. The third kappa shape index (κ3) is 118. The maximum atomic E-state index is 11.2. The molecule has 0 aromatic rings. The first-order valence-corrected chi connectivity index (χ1v) is 41.1. The Balaban J connectivity index is -0.00000528. The van der Waals surface area contributed by atoms with E-state index in [1.165, 1.54) is 0 Å². The van der Waals surface area contributed by atoms with Gasteiger partial charge in [0, 0.05) is 31.9 Å². The van der Waals surface area contributed by atoms with E-state index in [1.807, 2.05) is 0 Å². The molecule has 0 aliphatic rings. The summed E-state index contributed by atoms with van der Waals surface area (Å²) in [4.78, 5) is 31.9. The van der Waals surface area contributed by atoms with E-state index in [2.05, 4.69) is 24.5 Å². The number of hydrogen-bond donors (Lipinski definition) is 0. The second-order valence-electron chi connectivity index (χ2n) is 23.2. The molecule has 0 fully saturated rings. The van der Waals surface area contributed by atoms with Gasteiger partial charge in [-0.2, -0.15) is 0 Å². The summed E-state index contributed by atoms with van der Waals surface area (Å²) in [5.74, 6) is -1.21. The highest BCUT2D eigenvalue weighted by molar-refractivity contribution is 5.86. The van der Waals surface area contributed by atoms with Gasteiger partial charge in [-0.3, -0.25) is 0 Å². The summed E-state index contributed by atoms with van der Waals surface area (Å²) in [7, 11) is 3.26. The fourth-order valence-electron chi connectivity index (χ4n) is 7.64. The fraction of sp³-hybridized carbons (Fsp3) is 0.887. The largest absolute Gasteiger partial charge is 0.463 e. The molecule has 39 nitrogen and oxygen atoms in total. The van der Waals surface area contributed by atoms with Crippen LogP contribution in [-0.2, 0) is 185 Å². The molecule has 708 valence electrons. The maximum absolute atomic E-state index is 11.2. The van der Waals surface area contributed by atoms with Gasteiger partial charge in [-0.05, 0) is 13.8 Å². The van der Waals surface area contributed by atoms with Crippen molar-refractivity contribution >= 4 is 17.9 Å². The Hall–Kier alpha value is -3.69. The lowest BCUT2D eigenvalue weighted by Crippen LogP contribution is -2.16. The second kappa shape index (κ2) is 114. The average Bonchev–Trinajstić information content (AvgIpc) is 1.02. The summed E-state index contributed by atoms with van der Waals surface area (Å²) in [6.45, 7) is 45.2. The van der Waals surface area contributed by atoms with Gasteiger partial charge in [-0.15, -0.1) is 0 Å². The highest BCUT2D eigenvalue weighted by Gasteiger charge is 2.05. The van der Waals surface area contributed by atoms with E-state index in [0.717, 1.165) is 12.2 Å². The first kappa shape index (κ1) is 119. The van der Waals surface area contributed by atoms with E-state index >= 15 is 0 Å². The third-order valence-electron chi connectivity index (χ3n) is 13.6. The van der Waals surface area contributed by atoms with Gasteiger partial charge in [0.15, 0.2) is 0 Å². The molecule has 119 heavy (non-hydrogen) atoms. The molecule has 0 aromatic carbocycles. The molecule has 0 aromatic heterocycles. The van der Waals surface area contributed by atoms with Gasteiger partial charge in [0.2, 0.25) is 0 Å². The third-order valence-corrected chi connectivity index (χ3v) is 13.6. The number of carbonyl (C=O) groups excluding carboxylic acids is 3. The van der Waals surface area contributed by atoms with Gasteiger partial charge in [-0.25, -0.2) is 14.4 Å². The first-order chi connectivity index (χ1) is 58.8. The van der Waals surface area contributed by atoms with Gasteiger partial charge in [0.25, 0.3) is 0 Å². The minimum absolute atomic E-state index is 0.189. The van der Waals surface area contributed by atoms with Crippen LogP contribution in [0, 0.1) is 0 Å². The molecule has 0 heterocycles. The predicted octanol–water partition coefficient (Wildman–Crippen LogP) is 2.36. The lowest BCUT2D eigenvalue weighted by molar-refractivity contribution is -0.141. The van der Waals surface area contributed by atoms with Crippen LogP contribution < -0.4 is 0 Å². The highest BCUT2D eigenvalue weighted by atomic mass is 16.6. The first-order valence-electron chi connectivity index (χ1n) is 41.1. The Morgan fingerprint density at radius 2 is 0.294 bits per heavy atom. The van der Waals surface area contributed by atoms with Crippen LogP contribution in [0.5, 0.6) is 0 Å². The van der Waals surface area contributed by atoms with Crippen LogP contribution in [0.3, 0.4) is 0 Å². The molecule has 0 spiro atoms. The smallest absolute Gasteiger partial charge is 0.333 e. The summed E-state index contributed by atoms with van der Waals surface area (Å²) in [6.07, 6.45) is 2.26. The monoisotopic (exact) mass is 1740 g/mol. The van der Waals surface area contributed by atoms with Crippen molar-refractivity contribution in [3.63, 3.8) is 0 Å². The minimum Gasteiger partial charge on any atom is -0.463 e. The Kier molecular flexibility index (Phi) is 115. The molecule has 0 rings (SSSR count). The number of methoxy groups -OCH3 is 2. The second-order valence-corrected chi connectivity index (χ2v) is 23.2. The van der Waals surface area contributed by atoms with Crippen LogP contribution >= 0.6 is 0 Å². The minimum atomic E-state index is -0.435. The zero-order valence-electron chi connectivity index (χ0n) is 72.6. The van der Waals surface area contributed by atoms with Crippen molar-refractivity contribution in [3.8, 4) is 0 Å². The van der Waals surface area contributed by atoms with Gasteiger partial charge < -0.3 is 171 Å². The molecule has 0 aliphatic heterocycles. The molecule has 39 heteroatoms. The summed E-state index contributed by atoms with van der Waals surface area (Å²) in [6, 6.07) is 0. The van der Waals surface area contributed by atoms with Gasteiger partial charge >= 0.3 is 17.9 Å². The normalized spacial score (nSPS) is 11.2. The Labute approximate surface area is 708 Å². The predicted molar refractivity (Wildman–Crippen MR) is 433 cm³/mol. The molecule has 0 saturated carbocycles. The lowest BCUT2D eigenvalue weighted by Gasteiger charge is -2.09. The molecular weight excluding hydrogens is 1580 g/mol. The van der Waals surface area contributed by atoms with Crippen molar-refractivity contribution in [2.24, 2.45) is 0 Å². The van der Waals surface area contributed by atoms with Crippen LogP contribution in [0.2, 0.25) is 0 Å². The van der Waals surface area contributed by atoms with E-state index < -0.39 is 11.9 Å². The quantitative estimate of drug-likeness (QED) is 0.0365. The Morgan fingerprint density at radius 1 is 0.185 bits per heavy atom. The van der Waals surface area contributed by atoms with Crippen molar-refractivity contribution in [3.05, 3.63) is 37.5 Å². The topological polar surface area (TPSA) is 383 Å². The standard InChI is InChI=1S/C65H128O32.C10H18O5.C5H8O2/c1-64(2)65(66)97-63-62-96-61-60-95-59-58-94-57-56-93-55-54-92-53-52-91-51-50-90-49-48-89-47-46-88-45-44-87-43-42-86-41-40-85-39-38-84-37-36-83-35-34-82-33-32-81-31-30-80-29-28-79-27-26-78-25-24-77-23-22-76-21-20-75-19-18-74-17-16-73-15-14-72-13-12-71-11-10-70-9-8-69-7-6-68-5-4-67-3;1-3-10(11)15-9-8-14-7-6-13-5-4-12-2;1-3-5(6)7-4-2/h1,4-63H2,2-3H3;3H,1,4-9H2,2H3;3H,1,4H2,2H3. The molecule has 0 atom stereocenters. The average molecular weight is 1740 g/mol. The molecule has 0 radical (unpaired) electrons. The van der Waals surface area contributed by atoms with E-state index in [9.17, 15) is 14.4 Å². The Bertz CT molecular complexity index is 1970. The number of rotatable bonds is 103. The van der Waals surface area contributed by atoms with Crippen LogP contribution in [0.15, 0.2) is 37.5 Å². The number of esters is 3. The van der Waals surface area contributed by atoms with Gasteiger partial charge in [0.1, 0.15) is 13.2 Å². The zero-order valence-corrected chi connectivity index (χ0v) is 72.6. The molecule has 0 N–H and O–H groups in total. The van der Waals surface area contributed by atoms with Crippen molar-refractivity contribution in [2.75, 3.05) is 457 Å². The highest BCUT2D eigenvalue weighted by Crippen LogP contribution is 1.96. The fourth-order valence-corrected chi connectivity index (χ4v) is 7.64. The summed E-state index contributed by atoms with van der Waals surface area (Å²) < 4.78 is 193. The number of ether oxygens (including phenoxy) is 36. The molecule has 0 aliphatic carbocycles. The number of carbonyl (C=O) groups is 3. The van der Waals surface area contributed by atoms with Crippen molar-refractivity contribution < 1.29 is 185 Å². The maximum Gasteiger partial charge on any atom is 0.333 e. The van der Waals surface area contributed by atoms with E-state index in [-0.39, 0.29) is 19.2 Å². The Morgan fingerprint density at radius 3 is 0.395 bits per heavy atom. The molecular formula is C80H154O39. The molecule has 0 bridgehead atoms. The summed E-state index contributed by atoms with van der Waals surface area (Å²) >= 11 is 0. The van der Waals surface area contributed by atoms with E-state index in [1.54, 1.807) is 28.1 Å². The molecule has 0 unspecified atom stereocenters.